The van der Waals surface area contributed by atoms with E-state index >= 15 is 0 Å². The molecule has 2 unspecified atom stereocenters. The third kappa shape index (κ3) is 2.55. The van der Waals surface area contributed by atoms with Crippen LogP contribution in [-0.4, -0.2) is 22.7 Å². The number of rotatable bonds is 6. The van der Waals surface area contributed by atoms with Crippen molar-refractivity contribution in [3.8, 4) is 0 Å². The van der Waals surface area contributed by atoms with Crippen LogP contribution in [0.15, 0.2) is 0 Å². The molecular formula is C12H24N2O2. The van der Waals surface area contributed by atoms with Gasteiger partial charge in [-0.1, -0.05) is 32.6 Å². The van der Waals surface area contributed by atoms with Crippen molar-refractivity contribution >= 4 is 5.91 Å². The molecule has 16 heavy (non-hydrogen) atoms. The van der Waals surface area contributed by atoms with Gasteiger partial charge in [-0.15, -0.1) is 0 Å². The van der Waals surface area contributed by atoms with Gasteiger partial charge < -0.3 is 16.6 Å². The van der Waals surface area contributed by atoms with Crippen LogP contribution in [-0.2, 0) is 4.79 Å². The second kappa shape index (κ2) is 5.64. The molecule has 1 saturated carbocycles. The summed E-state index contributed by atoms with van der Waals surface area (Å²) in [5.74, 6) is -0.695. The maximum atomic E-state index is 11.5. The molecule has 1 aliphatic carbocycles. The fraction of sp³-hybridized carbons (Fsp3) is 0.917. The molecule has 0 aromatic heterocycles. The summed E-state index contributed by atoms with van der Waals surface area (Å²) in [7, 11) is 0. The van der Waals surface area contributed by atoms with E-state index in [1.807, 2.05) is 0 Å². The Morgan fingerprint density at radius 1 is 1.50 bits per heavy atom. The van der Waals surface area contributed by atoms with Crippen LogP contribution in [0.5, 0.6) is 0 Å². The highest BCUT2D eigenvalue weighted by Crippen LogP contribution is 2.36. The van der Waals surface area contributed by atoms with Gasteiger partial charge in [0.1, 0.15) is 0 Å². The Morgan fingerprint density at radius 3 is 2.50 bits per heavy atom. The van der Waals surface area contributed by atoms with E-state index in [1.54, 1.807) is 0 Å². The molecule has 0 saturated heterocycles. The zero-order chi connectivity index (χ0) is 12.2. The summed E-state index contributed by atoms with van der Waals surface area (Å²) in [4.78, 5) is 11.5. The summed E-state index contributed by atoms with van der Waals surface area (Å²) >= 11 is 0. The van der Waals surface area contributed by atoms with E-state index in [0.29, 0.717) is 6.42 Å². The minimum atomic E-state index is -1.49. The Morgan fingerprint density at radius 2 is 2.06 bits per heavy atom. The number of carbonyl (C=O) groups excluding carboxylic acids is 1. The third-order valence-electron chi connectivity index (χ3n) is 3.81. The van der Waals surface area contributed by atoms with Gasteiger partial charge in [-0.2, -0.15) is 0 Å². The lowest BCUT2D eigenvalue weighted by Gasteiger charge is -2.36. The molecule has 4 nitrogen and oxygen atoms in total. The topological polar surface area (TPSA) is 89.3 Å². The Labute approximate surface area is 97.4 Å². The number of hydrogen-bond acceptors (Lipinski definition) is 3. The number of hydrogen-bond donors (Lipinski definition) is 3. The predicted octanol–water partition coefficient (Wildman–Crippen LogP) is 0.910. The standard InChI is InChI=1S/C12H24N2O2/c1-2-3-8-10(13)12(16,11(14)15)9-6-4-5-7-9/h9-10,16H,2-8,13H2,1H3,(H2,14,15). The van der Waals surface area contributed by atoms with Gasteiger partial charge in [0.2, 0.25) is 0 Å². The van der Waals surface area contributed by atoms with E-state index in [0.717, 1.165) is 38.5 Å². The van der Waals surface area contributed by atoms with E-state index < -0.39 is 17.6 Å². The van der Waals surface area contributed by atoms with Gasteiger partial charge in [-0.05, 0) is 25.2 Å². The Bertz CT molecular complexity index is 239. The van der Waals surface area contributed by atoms with Crippen LogP contribution in [0.1, 0.15) is 51.9 Å². The van der Waals surface area contributed by atoms with Crippen LogP contribution in [0, 0.1) is 5.92 Å². The molecule has 2 atom stereocenters. The largest absolute Gasteiger partial charge is 0.378 e. The molecular weight excluding hydrogens is 204 g/mol. The van der Waals surface area contributed by atoms with Crippen molar-refractivity contribution in [2.45, 2.75) is 63.5 Å². The van der Waals surface area contributed by atoms with Gasteiger partial charge in [0.25, 0.3) is 5.91 Å². The first-order valence-electron chi connectivity index (χ1n) is 6.31. The number of unbranched alkanes of at least 4 members (excludes halogenated alkanes) is 1. The summed E-state index contributed by atoms with van der Waals surface area (Å²) in [5.41, 5.74) is 9.83. The molecule has 0 aromatic rings. The first-order valence-corrected chi connectivity index (χ1v) is 6.31. The van der Waals surface area contributed by atoms with Crippen LogP contribution in [0.4, 0.5) is 0 Å². The Kier molecular flexibility index (Phi) is 4.74. The van der Waals surface area contributed by atoms with Crippen LogP contribution in [0.3, 0.4) is 0 Å². The quantitative estimate of drug-likeness (QED) is 0.631. The molecule has 5 N–H and O–H groups in total. The summed E-state index contributed by atoms with van der Waals surface area (Å²) in [6, 6.07) is -0.520. The molecule has 94 valence electrons. The number of carbonyl (C=O) groups is 1. The number of primary amides is 1. The number of aliphatic hydroxyl groups is 1. The van der Waals surface area contributed by atoms with Gasteiger partial charge in [-0.3, -0.25) is 4.79 Å². The molecule has 1 amide bonds. The zero-order valence-electron chi connectivity index (χ0n) is 10.1. The molecule has 0 spiro atoms. The van der Waals surface area contributed by atoms with Crippen molar-refractivity contribution in [3.63, 3.8) is 0 Å². The van der Waals surface area contributed by atoms with E-state index in [-0.39, 0.29) is 5.92 Å². The lowest BCUT2D eigenvalue weighted by molar-refractivity contribution is -0.145. The molecule has 0 aliphatic heterocycles. The average molecular weight is 228 g/mol. The van der Waals surface area contributed by atoms with E-state index in [9.17, 15) is 9.90 Å². The minimum Gasteiger partial charge on any atom is -0.378 e. The highest BCUT2D eigenvalue weighted by molar-refractivity contribution is 5.84. The minimum absolute atomic E-state index is 0.0446. The SMILES string of the molecule is CCCCC(N)C(O)(C(N)=O)C1CCCC1. The predicted molar refractivity (Wildman–Crippen MR) is 63.6 cm³/mol. The molecule has 0 radical (unpaired) electrons. The van der Waals surface area contributed by atoms with Crippen LogP contribution in [0.25, 0.3) is 0 Å². The average Bonchev–Trinajstić information content (AvgIpc) is 2.77. The highest BCUT2D eigenvalue weighted by Gasteiger charge is 2.47. The lowest BCUT2D eigenvalue weighted by Crippen LogP contribution is -2.61. The second-order valence-electron chi connectivity index (χ2n) is 4.92. The highest BCUT2D eigenvalue weighted by atomic mass is 16.3. The first-order chi connectivity index (χ1) is 7.53. The Hall–Kier alpha value is -0.610. The lowest BCUT2D eigenvalue weighted by atomic mass is 9.78. The summed E-state index contributed by atoms with van der Waals surface area (Å²) in [6.45, 7) is 2.06. The van der Waals surface area contributed by atoms with Crippen LogP contribution >= 0.6 is 0 Å². The number of nitrogens with two attached hydrogens (primary N) is 2. The van der Waals surface area contributed by atoms with E-state index in [4.69, 9.17) is 11.5 Å². The molecule has 1 rings (SSSR count). The molecule has 0 aromatic carbocycles. The molecule has 0 heterocycles. The van der Waals surface area contributed by atoms with Crippen molar-refractivity contribution < 1.29 is 9.90 Å². The van der Waals surface area contributed by atoms with Gasteiger partial charge >= 0.3 is 0 Å². The molecule has 1 aliphatic rings. The van der Waals surface area contributed by atoms with Gasteiger partial charge in [0.05, 0.1) is 0 Å². The van der Waals surface area contributed by atoms with Gasteiger partial charge in [-0.25, -0.2) is 0 Å². The molecule has 0 bridgehead atoms. The van der Waals surface area contributed by atoms with Crippen molar-refractivity contribution in [2.24, 2.45) is 17.4 Å². The number of amides is 1. The van der Waals surface area contributed by atoms with Crippen molar-refractivity contribution in [1.29, 1.82) is 0 Å². The smallest absolute Gasteiger partial charge is 0.251 e. The van der Waals surface area contributed by atoms with Crippen LogP contribution in [0.2, 0.25) is 0 Å². The zero-order valence-corrected chi connectivity index (χ0v) is 10.1. The summed E-state index contributed by atoms with van der Waals surface area (Å²) in [6.07, 6.45) is 6.42. The van der Waals surface area contributed by atoms with Crippen LogP contribution < -0.4 is 11.5 Å². The van der Waals surface area contributed by atoms with Crippen molar-refractivity contribution in [3.05, 3.63) is 0 Å². The third-order valence-corrected chi connectivity index (χ3v) is 3.81. The molecule has 4 heteroatoms. The van der Waals surface area contributed by atoms with Gasteiger partial charge in [0.15, 0.2) is 5.60 Å². The summed E-state index contributed by atoms with van der Waals surface area (Å²) < 4.78 is 0. The van der Waals surface area contributed by atoms with Crippen molar-refractivity contribution in [1.82, 2.24) is 0 Å². The van der Waals surface area contributed by atoms with Gasteiger partial charge in [0, 0.05) is 6.04 Å². The van der Waals surface area contributed by atoms with Crippen molar-refractivity contribution in [2.75, 3.05) is 0 Å². The maximum absolute atomic E-state index is 11.5. The monoisotopic (exact) mass is 228 g/mol. The summed E-state index contributed by atoms with van der Waals surface area (Å²) in [5, 5.41) is 10.5. The fourth-order valence-corrected chi connectivity index (χ4v) is 2.70. The second-order valence-corrected chi connectivity index (χ2v) is 4.92. The van der Waals surface area contributed by atoms with E-state index in [2.05, 4.69) is 6.92 Å². The fourth-order valence-electron chi connectivity index (χ4n) is 2.70. The molecule has 1 fully saturated rings. The normalized spacial score (nSPS) is 22.9. The maximum Gasteiger partial charge on any atom is 0.251 e. The Balaban J connectivity index is 2.74. The first kappa shape index (κ1) is 13.5. The van der Waals surface area contributed by atoms with E-state index in [1.165, 1.54) is 0 Å².